The highest BCUT2D eigenvalue weighted by Gasteiger charge is 2.50. The second-order valence-corrected chi connectivity index (χ2v) is 10.3. The van der Waals surface area contributed by atoms with Crippen molar-refractivity contribution >= 4 is 0 Å². The maximum atomic E-state index is 10.9. The van der Waals surface area contributed by atoms with E-state index >= 15 is 0 Å². The first-order valence-electron chi connectivity index (χ1n) is 14.1. The predicted molar refractivity (Wildman–Crippen MR) is 157 cm³/mol. The number of aliphatic hydroxyl groups excluding tert-OH is 1. The lowest BCUT2D eigenvalue weighted by Gasteiger charge is -2.46. The number of aliphatic hydroxyl groups is 1. The minimum absolute atomic E-state index is 0.324. The van der Waals surface area contributed by atoms with E-state index in [-0.39, 0.29) is 0 Å². The van der Waals surface area contributed by atoms with Gasteiger partial charge in [0, 0.05) is 0 Å². The highest BCUT2D eigenvalue weighted by molar-refractivity contribution is 5.16. The molecule has 1 N–H and O–H groups in total. The van der Waals surface area contributed by atoms with Crippen LogP contribution in [-0.4, -0.2) is 41.9 Å². The van der Waals surface area contributed by atoms with E-state index in [4.69, 9.17) is 23.7 Å². The molecule has 4 aromatic carbocycles. The van der Waals surface area contributed by atoms with Crippen molar-refractivity contribution in [1.82, 2.24) is 0 Å². The van der Waals surface area contributed by atoms with Gasteiger partial charge in [-0.25, -0.2) is 0 Å². The predicted octanol–water partition coefficient (Wildman–Crippen LogP) is 6.07. The van der Waals surface area contributed by atoms with Gasteiger partial charge in [-0.1, -0.05) is 121 Å². The molecule has 1 aliphatic heterocycles. The zero-order chi connectivity index (χ0) is 28.3. The number of rotatable bonds is 13. The largest absolute Gasteiger partial charge is 0.391 e. The Morgan fingerprint density at radius 2 is 0.854 bits per heavy atom. The van der Waals surface area contributed by atoms with Crippen LogP contribution in [0.3, 0.4) is 0 Å². The molecule has 6 heteroatoms. The Labute approximate surface area is 242 Å². The lowest BCUT2D eigenvalue weighted by atomic mass is 9.94. The van der Waals surface area contributed by atoms with Gasteiger partial charge in [0.15, 0.2) is 6.29 Å². The monoisotopic (exact) mass is 554 g/mol. The fourth-order valence-electron chi connectivity index (χ4n) is 4.97. The molecule has 214 valence electrons. The fourth-order valence-corrected chi connectivity index (χ4v) is 4.97. The van der Waals surface area contributed by atoms with Crippen LogP contribution in [-0.2, 0) is 50.1 Å². The SMILES string of the molecule is C[C@@H](O)[C@H]1O[C@H](OCc2ccccc2)[C@@H](OCc2ccccc2)[C@@H](OCc2ccccc2)[C@H]1OCc1ccccc1. The van der Waals surface area contributed by atoms with E-state index in [0.29, 0.717) is 26.4 Å². The second kappa shape index (κ2) is 15.0. The van der Waals surface area contributed by atoms with Gasteiger partial charge in [-0.15, -0.1) is 0 Å². The van der Waals surface area contributed by atoms with Crippen LogP contribution in [0.15, 0.2) is 121 Å². The van der Waals surface area contributed by atoms with Crippen LogP contribution in [0.1, 0.15) is 29.2 Å². The first-order chi connectivity index (χ1) is 20.2. The summed E-state index contributed by atoms with van der Waals surface area (Å²) in [6.07, 6.45) is -4.16. The standard InChI is InChI=1S/C35H38O6/c1-26(36)31-32(37-22-27-14-6-2-7-15-27)33(38-23-28-16-8-3-9-17-28)34(39-24-29-18-10-4-11-19-29)35(41-31)40-25-30-20-12-5-13-21-30/h2-21,26,31-36H,22-25H2,1H3/t26-,31-,32+,33+,34+,35+/m1/s1. The molecule has 0 amide bonds. The molecule has 1 fully saturated rings. The molecule has 6 atom stereocenters. The van der Waals surface area contributed by atoms with Gasteiger partial charge in [-0.05, 0) is 29.2 Å². The Kier molecular flexibility index (Phi) is 10.7. The molecule has 4 aromatic rings. The van der Waals surface area contributed by atoms with E-state index in [1.165, 1.54) is 0 Å². The van der Waals surface area contributed by atoms with Gasteiger partial charge in [0.2, 0.25) is 0 Å². The van der Waals surface area contributed by atoms with Crippen molar-refractivity contribution in [2.75, 3.05) is 0 Å². The van der Waals surface area contributed by atoms with Crippen molar-refractivity contribution < 1.29 is 28.8 Å². The third-order valence-electron chi connectivity index (χ3n) is 7.12. The van der Waals surface area contributed by atoms with Crippen LogP contribution in [0.4, 0.5) is 0 Å². The van der Waals surface area contributed by atoms with E-state index in [9.17, 15) is 5.11 Å². The summed E-state index contributed by atoms with van der Waals surface area (Å²) < 4.78 is 32.5. The first-order valence-corrected chi connectivity index (χ1v) is 14.1. The summed E-state index contributed by atoms with van der Waals surface area (Å²) in [4.78, 5) is 0. The number of ether oxygens (including phenoxy) is 5. The minimum atomic E-state index is -0.837. The Hall–Kier alpha value is -3.36. The molecule has 0 aromatic heterocycles. The molecule has 1 heterocycles. The summed E-state index contributed by atoms with van der Waals surface area (Å²) in [5.74, 6) is 0. The first kappa shape index (κ1) is 29.1. The highest BCUT2D eigenvalue weighted by Crippen LogP contribution is 2.33. The van der Waals surface area contributed by atoms with E-state index in [1.807, 2.05) is 121 Å². The Balaban J connectivity index is 1.44. The molecular formula is C35H38O6. The zero-order valence-electron chi connectivity index (χ0n) is 23.3. The molecule has 0 bridgehead atoms. The molecule has 0 saturated carbocycles. The topological polar surface area (TPSA) is 66.4 Å². The fraction of sp³-hybridized carbons (Fsp3) is 0.314. The van der Waals surface area contributed by atoms with Gasteiger partial charge in [-0.2, -0.15) is 0 Å². The van der Waals surface area contributed by atoms with E-state index in [0.717, 1.165) is 22.3 Å². The van der Waals surface area contributed by atoms with Crippen LogP contribution in [0.25, 0.3) is 0 Å². The van der Waals surface area contributed by atoms with E-state index in [2.05, 4.69) is 0 Å². The van der Waals surface area contributed by atoms with Crippen molar-refractivity contribution in [3.05, 3.63) is 144 Å². The van der Waals surface area contributed by atoms with Crippen LogP contribution in [0, 0.1) is 0 Å². The van der Waals surface area contributed by atoms with Gasteiger partial charge < -0.3 is 28.8 Å². The summed E-state index contributed by atoms with van der Waals surface area (Å²) in [5.41, 5.74) is 4.08. The van der Waals surface area contributed by atoms with Crippen LogP contribution in [0.5, 0.6) is 0 Å². The molecule has 6 nitrogen and oxygen atoms in total. The minimum Gasteiger partial charge on any atom is -0.391 e. The smallest absolute Gasteiger partial charge is 0.187 e. The van der Waals surface area contributed by atoms with Crippen molar-refractivity contribution in [1.29, 1.82) is 0 Å². The maximum absolute atomic E-state index is 10.9. The number of hydrogen-bond acceptors (Lipinski definition) is 6. The van der Waals surface area contributed by atoms with Crippen LogP contribution < -0.4 is 0 Å². The van der Waals surface area contributed by atoms with Crippen LogP contribution >= 0.6 is 0 Å². The highest BCUT2D eigenvalue weighted by atomic mass is 16.7. The molecule has 0 unspecified atom stereocenters. The molecular weight excluding hydrogens is 516 g/mol. The normalized spacial score (nSPS) is 23.2. The Morgan fingerprint density at radius 3 is 1.24 bits per heavy atom. The molecule has 5 rings (SSSR count). The molecule has 0 radical (unpaired) electrons. The summed E-state index contributed by atoms with van der Waals surface area (Å²) >= 11 is 0. The van der Waals surface area contributed by atoms with Gasteiger partial charge in [0.05, 0.1) is 32.5 Å². The quantitative estimate of drug-likeness (QED) is 0.217. The van der Waals surface area contributed by atoms with Gasteiger partial charge in [-0.3, -0.25) is 0 Å². The maximum Gasteiger partial charge on any atom is 0.187 e. The third-order valence-corrected chi connectivity index (χ3v) is 7.12. The third kappa shape index (κ3) is 8.33. The van der Waals surface area contributed by atoms with Crippen molar-refractivity contribution in [2.45, 2.75) is 70.2 Å². The summed E-state index contributed by atoms with van der Waals surface area (Å²) in [5, 5.41) is 10.9. The molecule has 0 spiro atoms. The van der Waals surface area contributed by atoms with Crippen LogP contribution in [0.2, 0.25) is 0 Å². The average Bonchev–Trinajstić information content (AvgIpc) is 3.03. The Bertz CT molecular complexity index is 1270. The molecule has 0 aliphatic carbocycles. The molecule has 41 heavy (non-hydrogen) atoms. The second-order valence-electron chi connectivity index (χ2n) is 10.3. The van der Waals surface area contributed by atoms with Crippen molar-refractivity contribution in [3.63, 3.8) is 0 Å². The van der Waals surface area contributed by atoms with E-state index < -0.39 is 36.8 Å². The number of benzene rings is 4. The van der Waals surface area contributed by atoms with Crippen molar-refractivity contribution in [2.24, 2.45) is 0 Å². The number of hydrogen-bond donors (Lipinski definition) is 1. The lowest BCUT2D eigenvalue weighted by Crippen LogP contribution is -2.63. The zero-order valence-corrected chi connectivity index (χ0v) is 23.3. The van der Waals surface area contributed by atoms with Gasteiger partial charge in [0.1, 0.15) is 24.4 Å². The summed E-state index contributed by atoms with van der Waals surface area (Å²) in [7, 11) is 0. The van der Waals surface area contributed by atoms with Crippen molar-refractivity contribution in [3.8, 4) is 0 Å². The van der Waals surface area contributed by atoms with Gasteiger partial charge in [0.25, 0.3) is 0 Å². The van der Waals surface area contributed by atoms with E-state index in [1.54, 1.807) is 6.92 Å². The average molecular weight is 555 g/mol. The Morgan fingerprint density at radius 1 is 0.512 bits per heavy atom. The van der Waals surface area contributed by atoms with Gasteiger partial charge >= 0.3 is 0 Å². The summed E-state index contributed by atoms with van der Waals surface area (Å²) in [6.45, 7) is 3.06. The lowest BCUT2D eigenvalue weighted by molar-refractivity contribution is -0.335. The molecule has 1 aliphatic rings. The summed E-state index contributed by atoms with van der Waals surface area (Å²) in [6, 6.07) is 39.9. The molecule has 1 saturated heterocycles.